The monoisotopic (exact) mass is 523 g/mol. The summed E-state index contributed by atoms with van der Waals surface area (Å²) in [4.78, 5) is 4.38. The van der Waals surface area contributed by atoms with E-state index in [1.807, 2.05) is 0 Å². The normalized spacial score (nSPS) is 11.7. The van der Waals surface area contributed by atoms with Crippen LogP contribution < -0.4 is 10.6 Å². The second-order valence-electron chi connectivity index (χ2n) is 6.17. The van der Waals surface area contributed by atoms with Crippen LogP contribution in [0, 0.1) is 18.6 Å². The Hall–Kier alpha value is -1.75. The molecule has 0 radical (unpaired) electrons. The van der Waals surface area contributed by atoms with Gasteiger partial charge in [-0.25, -0.2) is 17.2 Å². The van der Waals surface area contributed by atoms with Crippen LogP contribution in [0.3, 0.4) is 0 Å². The molecule has 2 aromatic rings. The highest BCUT2D eigenvalue weighted by Crippen LogP contribution is 2.16. The quantitative estimate of drug-likeness (QED) is 0.347. The second kappa shape index (κ2) is 10.7. The lowest BCUT2D eigenvalue weighted by atomic mass is 10.1. The molecule has 2 aromatic carbocycles. The Balaban J connectivity index is 0.00000392. The van der Waals surface area contributed by atoms with Crippen molar-refractivity contribution in [1.29, 1.82) is 0 Å². The highest BCUT2D eigenvalue weighted by Gasteiger charge is 2.11. The molecule has 0 fully saturated rings. The Morgan fingerprint density at radius 2 is 1.75 bits per heavy atom. The maximum Gasteiger partial charge on any atom is 0.191 e. The topological polar surface area (TPSA) is 70.6 Å². The van der Waals surface area contributed by atoms with Crippen LogP contribution in [-0.4, -0.2) is 34.2 Å². The zero-order chi connectivity index (χ0) is 20.0. The van der Waals surface area contributed by atoms with Gasteiger partial charge in [-0.1, -0.05) is 18.2 Å². The Labute approximate surface area is 181 Å². The van der Waals surface area contributed by atoms with E-state index in [-0.39, 0.29) is 36.0 Å². The minimum absolute atomic E-state index is 0. The van der Waals surface area contributed by atoms with Gasteiger partial charge in [0.25, 0.3) is 0 Å². The van der Waals surface area contributed by atoms with Crippen LogP contribution in [0.25, 0.3) is 0 Å². The molecule has 2 rings (SSSR count). The van der Waals surface area contributed by atoms with E-state index < -0.39 is 21.5 Å². The zero-order valence-electron chi connectivity index (χ0n) is 15.9. The lowest BCUT2D eigenvalue weighted by molar-refractivity contribution is 0.553. The maximum absolute atomic E-state index is 13.6. The molecule has 0 spiro atoms. The van der Waals surface area contributed by atoms with E-state index in [4.69, 9.17) is 0 Å². The summed E-state index contributed by atoms with van der Waals surface area (Å²) < 4.78 is 50.6. The van der Waals surface area contributed by atoms with Crippen molar-refractivity contribution in [2.75, 3.05) is 19.8 Å². The average Bonchev–Trinajstić information content (AvgIpc) is 2.59. The Kier molecular flexibility index (Phi) is 9.28. The summed E-state index contributed by atoms with van der Waals surface area (Å²) in [5.41, 5.74) is 1.60. The summed E-state index contributed by atoms with van der Waals surface area (Å²) >= 11 is 0. The number of hydrogen-bond donors (Lipinski definition) is 2. The first kappa shape index (κ1) is 24.3. The van der Waals surface area contributed by atoms with Crippen molar-refractivity contribution in [3.05, 3.63) is 64.7 Å². The van der Waals surface area contributed by atoms with Gasteiger partial charge in [0.2, 0.25) is 0 Å². The van der Waals surface area contributed by atoms with Crippen molar-refractivity contribution < 1.29 is 17.2 Å². The van der Waals surface area contributed by atoms with Gasteiger partial charge in [-0.05, 0) is 42.7 Å². The summed E-state index contributed by atoms with van der Waals surface area (Å²) in [6.45, 7) is 2.48. The number of hydrogen-bond acceptors (Lipinski definition) is 3. The molecule has 28 heavy (non-hydrogen) atoms. The van der Waals surface area contributed by atoms with Crippen molar-refractivity contribution in [1.82, 2.24) is 10.6 Å². The first-order valence-corrected chi connectivity index (χ1v) is 10.3. The highest BCUT2D eigenvalue weighted by atomic mass is 127. The standard InChI is InChI=1S/C19H23F2N3O2S.HI/c1-13-11-14(7-8-18(13)27(3,25)26)12-24-19(22-2)23-10-9-15-16(20)5-4-6-17(15)21;/h4-8,11H,9-10,12H2,1-3H3,(H2,22,23,24);1H. The van der Waals surface area contributed by atoms with Crippen LogP contribution in [0.15, 0.2) is 46.3 Å². The Morgan fingerprint density at radius 3 is 2.29 bits per heavy atom. The minimum Gasteiger partial charge on any atom is -0.356 e. The van der Waals surface area contributed by atoms with Gasteiger partial charge in [0.05, 0.1) is 4.90 Å². The van der Waals surface area contributed by atoms with Crippen molar-refractivity contribution in [3.8, 4) is 0 Å². The summed E-state index contributed by atoms with van der Waals surface area (Å²) in [7, 11) is -1.66. The van der Waals surface area contributed by atoms with Gasteiger partial charge >= 0.3 is 0 Å². The number of benzene rings is 2. The molecule has 2 N–H and O–H groups in total. The van der Waals surface area contributed by atoms with Gasteiger partial charge in [0.1, 0.15) is 11.6 Å². The molecule has 0 aliphatic rings. The molecular formula is C19H24F2IN3O2S. The SMILES string of the molecule is CN=C(NCCc1c(F)cccc1F)NCc1ccc(S(C)(=O)=O)c(C)c1.I. The predicted molar refractivity (Wildman–Crippen MR) is 118 cm³/mol. The number of rotatable bonds is 6. The van der Waals surface area contributed by atoms with Gasteiger partial charge in [0, 0.05) is 32.0 Å². The molecule has 0 aromatic heterocycles. The summed E-state index contributed by atoms with van der Waals surface area (Å²) in [6.07, 6.45) is 1.36. The van der Waals surface area contributed by atoms with E-state index in [0.717, 1.165) is 5.56 Å². The first-order valence-electron chi connectivity index (χ1n) is 8.39. The number of aliphatic imine (C=N–C) groups is 1. The first-order chi connectivity index (χ1) is 12.7. The number of nitrogens with zero attached hydrogens (tertiary/aromatic N) is 1. The third-order valence-electron chi connectivity index (χ3n) is 4.05. The molecule has 0 bridgehead atoms. The molecule has 0 atom stereocenters. The number of aryl methyl sites for hydroxylation is 1. The molecular weight excluding hydrogens is 499 g/mol. The summed E-state index contributed by atoms with van der Waals surface area (Å²) in [5, 5.41) is 6.09. The number of nitrogens with one attached hydrogen (secondary N) is 2. The van der Waals surface area contributed by atoms with Crippen molar-refractivity contribution in [2.45, 2.75) is 24.8 Å². The predicted octanol–water partition coefficient (Wildman–Crippen LogP) is 3.20. The van der Waals surface area contributed by atoms with Crippen molar-refractivity contribution in [2.24, 2.45) is 4.99 Å². The lowest BCUT2D eigenvalue weighted by Gasteiger charge is -2.13. The van der Waals surface area contributed by atoms with Gasteiger partial charge in [-0.3, -0.25) is 4.99 Å². The van der Waals surface area contributed by atoms with Gasteiger partial charge < -0.3 is 10.6 Å². The number of halogens is 3. The largest absolute Gasteiger partial charge is 0.356 e. The second-order valence-corrected chi connectivity index (χ2v) is 8.16. The van der Waals surface area contributed by atoms with Crippen molar-refractivity contribution >= 4 is 39.8 Å². The molecule has 154 valence electrons. The zero-order valence-corrected chi connectivity index (χ0v) is 19.1. The molecule has 9 heteroatoms. The summed E-state index contributed by atoms with van der Waals surface area (Å²) in [6, 6.07) is 8.91. The average molecular weight is 523 g/mol. The minimum atomic E-state index is -3.25. The Morgan fingerprint density at radius 1 is 1.11 bits per heavy atom. The van der Waals surface area contributed by atoms with Crippen LogP contribution in [0.2, 0.25) is 0 Å². The van der Waals surface area contributed by atoms with Crippen LogP contribution in [0.4, 0.5) is 8.78 Å². The van der Waals surface area contributed by atoms with E-state index in [0.29, 0.717) is 29.5 Å². The lowest BCUT2D eigenvalue weighted by Crippen LogP contribution is -2.38. The molecule has 0 heterocycles. The van der Waals surface area contributed by atoms with Crippen LogP contribution >= 0.6 is 24.0 Å². The third kappa shape index (κ3) is 6.69. The van der Waals surface area contributed by atoms with Gasteiger partial charge in [-0.2, -0.15) is 0 Å². The van der Waals surface area contributed by atoms with Crippen LogP contribution in [0.5, 0.6) is 0 Å². The third-order valence-corrected chi connectivity index (χ3v) is 5.31. The fourth-order valence-electron chi connectivity index (χ4n) is 2.72. The fraction of sp³-hybridized carbons (Fsp3) is 0.316. The molecule has 5 nitrogen and oxygen atoms in total. The van der Waals surface area contributed by atoms with Gasteiger partial charge in [0.15, 0.2) is 15.8 Å². The molecule has 0 saturated carbocycles. The summed E-state index contributed by atoms with van der Waals surface area (Å²) in [5.74, 6) is -0.654. The van der Waals surface area contributed by atoms with Crippen LogP contribution in [-0.2, 0) is 22.8 Å². The maximum atomic E-state index is 13.6. The molecule has 0 aliphatic heterocycles. The highest BCUT2D eigenvalue weighted by molar-refractivity contribution is 14.0. The number of sulfone groups is 1. The number of guanidine groups is 1. The van der Waals surface area contributed by atoms with E-state index in [2.05, 4.69) is 15.6 Å². The van der Waals surface area contributed by atoms with E-state index in [1.54, 1.807) is 32.2 Å². The molecule has 0 unspecified atom stereocenters. The van der Waals surface area contributed by atoms with Crippen LogP contribution in [0.1, 0.15) is 16.7 Å². The van der Waals surface area contributed by atoms with E-state index >= 15 is 0 Å². The van der Waals surface area contributed by atoms with E-state index in [1.165, 1.54) is 24.5 Å². The fourth-order valence-corrected chi connectivity index (χ4v) is 3.68. The Bertz CT molecular complexity index is 930. The molecule has 0 saturated heterocycles. The molecule has 0 amide bonds. The molecule has 0 aliphatic carbocycles. The van der Waals surface area contributed by atoms with Gasteiger partial charge in [-0.15, -0.1) is 24.0 Å². The van der Waals surface area contributed by atoms with Crippen molar-refractivity contribution in [3.63, 3.8) is 0 Å². The van der Waals surface area contributed by atoms with E-state index in [9.17, 15) is 17.2 Å². The smallest absolute Gasteiger partial charge is 0.191 e.